The molecule has 4 nitrogen and oxygen atoms in total. The van der Waals surface area contributed by atoms with Crippen LogP contribution in [0.2, 0.25) is 5.02 Å². The highest BCUT2D eigenvalue weighted by Gasteiger charge is 2.17. The average Bonchev–Trinajstić information content (AvgIpc) is 2.17. The fourth-order valence-corrected chi connectivity index (χ4v) is 2.84. The lowest BCUT2D eigenvalue weighted by Crippen LogP contribution is -2.04. The first-order valence-corrected chi connectivity index (χ1v) is 7.27. The molecule has 1 rings (SSSR count). The molecular weight excluding hydrogens is 287 g/mol. The maximum atomic E-state index is 11.3. The maximum absolute atomic E-state index is 11.3. The molecule has 0 aliphatic heterocycles. The van der Waals surface area contributed by atoms with Crippen LogP contribution in [0.3, 0.4) is 0 Å². The monoisotopic (exact) mass is 296 g/mol. The Morgan fingerprint density at radius 2 is 2.00 bits per heavy atom. The van der Waals surface area contributed by atoms with E-state index in [1.807, 2.05) is 0 Å². The Kier molecular flexibility index (Phi) is 4.41. The van der Waals surface area contributed by atoms with Gasteiger partial charge in [0.1, 0.15) is 6.61 Å². The van der Waals surface area contributed by atoms with Crippen LogP contribution in [0.25, 0.3) is 0 Å². The minimum absolute atomic E-state index is 0.0405. The smallest absolute Gasteiger partial charge is 0.302 e. The average molecular weight is 297 g/mol. The zero-order valence-electron chi connectivity index (χ0n) is 9.16. The zero-order chi connectivity index (χ0) is 13.2. The van der Waals surface area contributed by atoms with Crippen molar-refractivity contribution >= 4 is 37.3 Å². The summed E-state index contributed by atoms with van der Waals surface area (Å²) in [6.07, 6.45) is 0. The highest BCUT2D eigenvalue weighted by Crippen LogP contribution is 2.27. The molecule has 0 radical (unpaired) electrons. The van der Waals surface area contributed by atoms with Gasteiger partial charge in [0.15, 0.2) is 0 Å². The number of hydrogen-bond acceptors (Lipinski definition) is 4. The predicted molar refractivity (Wildman–Crippen MR) is 64.7 cm³/mol. The first-order chi connectivity index (χ1) is 7.71. The van der Waals surface area contributed by atoms with Crippen molar-refractivity contribution in [3.05, 3.63) is 28.3 Å². The van der Waals surface area contributed by atoms with Gasteiger partial charge in [-0.05, 0) is 30.2 Å². The van der Waals surface area contributed by atoms with E-state index in [0.717, 1.165) is 0 Å². The molecule has 0 N–H and O–H groups in total. The van der Waals surface area contributed by atoms with Crippen LogP contribution < -0.4 is 0 Å². The lowest BCUT2D eigenvalue weighted by atomic mass is 10.1. The minimum Gasteiger partial charge on any atom is -0.461 e. The van der Waals surface area contributed by atoms with E-state index in [1.165, 1.54) is 19.1 Å². The van der Waals surface area contributed by atoms with E-state index in [2.05, 4.69) is 0 Å². The standard InChI is InChI=1S/C10H10Cl2O4S/c1-6-8(5-16-7(2)13)3-9(11)4-10(6)17(12,14)15/h3-4H,5H2,1-2H3. The SMILES string of the molecule is CC(=O)OCc1cc(Cl)cc(S(=O)(=O)Cl)c1C. The van der Waals surface area contributed by atoms with Crippen molar-refractivity contribution in [2.75, 3.05) is 0 Å². The number of rotatable bonds is 3. The van der Waals surface area contributed by atoms with Crippen LogP contribution in [-0.4, -0.2) is 14.4 Å². The normalized spacial score (nSPS) is 11.3. The van der Waals surface area contributed by atoms with Crippen LogP contribution in [0, 0.1) is 6.92 Å². The Bertz CT molecular complexity index is 552. The van der Waals surface area contributed by atoms with Crippen LogP contribution in [0.1, 0.15) is 18.1 Å². The van der Waals surface area contributed by atoms with E-state index in [4.69, 9.17) is 27.0 Å². The molecule has 0 spiro atoms. The minimum atomic E-state index is -3.87. The van der Waals surface area contributed by atoms with Gasteiger partial charge in [0, 0.05) is 22.6 Å². The second-order valence-corrected chi connectivity index (χ2v) is 6.38. The number of benzene rings is 1. The molecule has 0 aliphatic rings. The number of carbonyl (C=O) groups excluding carboxylic acids is 1. The Labute approximate surface area is 109 Å². The van der Waals surface area contributed by atoms with Crippen molar-refractivity contribution in [3.63, 3.8) is 0 Å². The molecule has 0 heterocycles. The van der Waals surface area contributed by atoms with Crippen LogP contribution >= 0.6 is 22.3 Å². The molecule has 0 aliphatic carbocycles. The van der Waals surface area contributed by atoms with Gasteiger partial charge in [-0.15, -0.1) is 0 Å². The van der Waals surface area contributed by atoms with Gasteiger partial charge >= 0.3 is 5.97 Å². The Morgan fingerprint density at radius 1 is 1.41 bits per heavy atom. The predicted octanol–water partition coefficient (Wildman–Crippen LogP) is 2.64. The molecule has 0 aromatic heterocycles. The molecule has 17 heavy (non-hydrogen) atoms. The van der Waals surface area contributed by atoms with Crippen molar-refractivity contribution in [1.82, 2.24) is 0 Å². The van der Waals surface area contributed by atoms with Crippen molar-refractivity contribution < 1.29 is 17.9 Å². The molecule has 1 aromatic rings. The van der Waals surface area contributed by atoms with Crippen LogP contribution in [0.5, 0.6) is 0 Å². The van der Waals surface area contributed by atoms with Gasteiger partial charge in [-0.3, -0.25) is 4.79 Å². The van der Waals surface area contributed by atoms with Gasteiger partial charge in [0.2, 0.25) is 0 Å². The molecule has 0 bridgehead atoms. The number of ether oxygens (including phenoxy) is 1. The van der Waals surface area contributed by atoms with Gasteiger partial charge < -0.3 is 4.74 Å². The second-order valence-electron chi connectivity index (χ2n) is 3.41. The molecule has 94 valence electrons. The zero-order valence-corrected chi connectivity index (χ0v) is 11.5. The summed E-state index contributed by atoms with van der Waals surface area (Å²) in [5.74, 6) is -0.459. The quantitative estimate of drug-likeness (QED) is 0.635. The molecule has 1 aromatic carbocycles. The first-order valence-electron chi connectivity index (χ1n) is 4.59. The fraction of sp³-hybridized carbons (Fsp3) is 0.300. The lowest BCUT2D eigenvalue weighted by molar-refractivity contribution is -0.142. The molecule has 0 unspecified atom stereocenters. The first kappa shape index (κ1) is 14.3. The van der Waals surface area contributed by atoms with Crippen LogP contribution in [0.15, 0.2) is 17.0 Å². The summed E-state index contributed by atoms with van der Waals surface area (Å²) in [5.41, 5.74) is 0.928. The fourth-order valence-electron chi connectivity index (χ4n) is 1.29. The highest BCUT2D eigenvalue weighted by atomic mass is 35.7. The molecule has 0 amide bonds. The van der Waals surface area contributed by atoms with Gasteiger partial charge in [-0.1, -0.05) is 11.6 Å². The van der Waals surface area contributed by atoms with Crippen LogP contribution in [0.4, 0.5) is 0 Å². The molecule has 0 atom stereocenters. The summed E-state index contributed by atoms with van der Waals surface area (Å²) in [6.45, 7) is 2.80. The molecule has 0 saturated carbocycles. The van der Waals surface area contributed by atoms with E-state index in [9.17, 15) is 13.2 Å². The lowest BCUT2D eigenvalue weighted by Gasteiger charge is -2.10. The highest BCUT2D eigenvalue weighted by molar-refractivity contribution is 8.13. The number of hydrogen-bond donors (Lipinski definition) is 0. The third-order valence-electron chi connectivity index (χ3n) is 2.13. The Hall–Kier alpha value is -0.780. The summed E-state index contributed by atoms with van der Waals surface area (Å²) in [5, 5.41) is 0.219. The summed E-state index contributed by atoms with van der Waals surface area (Å²) in [6, 6.07) is 2.79. The number of esters is 1. The molecule has 0 saturated heterocycles. The van der Waals surface area contributed by atoms with Crippen LogP contribution in [-0.2, 0) is 25.2 Å². The number of halogens is 2. The van der Waals surface area contributed by atoms with Gasteiger partial charge in [-0.2, -0.15) is 0 Å². The summed E-state index contributed by atoms with van der Waals surface area (Å²) in [7, 11) is 1.41. The Morgan fingerprint density at radius 3 is 2.47 bits per heavy atom. The van der Waals surface area contributed by atoms with Gasteiger partial charge in [-0.25, -0.2) is 8.42 Å². The van der Waals surface area contributed by atoms with E-state index in [0.29, 0.717) is 11.1 Å². The van der Waals surface area contributed by atoms with Gasteiger partial charge in [0.25, 0.3) is 9.05 Å². The topological polar surface area (TPSA) is 60.4 Å². The summed E-state index contributed by atoms with van der Waals surface area (Å²) < 4.78 is 27.4. The van der Waals surface area contributed by atoms with E-state index < -0.39 is 15.0 Å². The summed E-state index contributed by atoms with van der Waals surface area (Å²) in [4.78, 5) is 10.6. The molecule has 0 fully saturated rings. The van der Waals surface area contributed by atoms with E-state index >= 15 is 0 Å². The molecular formula is C10H10Cl2O4S. The Balaban J connectivity index is 3.24. The third kappa shape index (κ3) is 3.87. The van der Waals surface area contributed by atoms with Crippen molar-refractivity contribution in [3.8, 4) is 0 Å². The van der Waals surface area contributed by atoms with Crippen molar-refractivity contribution in [2.24, 2.45) is 0 Å². The second kappa shape index (κ2) is 5.25. The third-order valence-corrected chi connectivity index (χ3v) is 3.79. The summed E-state index contributed by atoms with van der Waals surface area (Å²) >= 11 is 5.78. The van der Waals surface area contributed by atoms with Crippen molar-refractivity contribution in [1.29, 1.82) is 0 Å². The maximum Gasteiger partial charge on any atom is 0.302 e. The number of carbonyl (C=O) groups is 1. The molecule has 7 heteroatoms. The van der Waals surface area contributed by atoms with Gasteiger partial charge in [0.05, 0.1) is 4.90 Å². The van der Waals surface area contributed by atoms with E-state index in [-0.39, 0.29) is 16.5 Å². The van der Waals surface area contributed by atoms with Crippen molar-refractivity contribution in [2.45, 2.75) is 25.3 Å². The largest absolute Gasteiger partial charge is 0.461 e. The van der Waals surface area contributed by atoms with E-state index in [1.54, 1.807) is 6.92 Å².